The standard InChI is InChI=1S/C17H17FN2O4/c1-10-6-11(2)8-14(7-10)24-12(3)17(21)19-13-4-5-15(18)16(9-13)20(22)23/h4-9,12H,1-3H3,(H,19,21)/t12-/m0/s1. The average Bonchev–Trinajstić information content (AvgIpc) is 2.47. The van der Waals surface area contributed by atoms with Crippen LogP contribution in [0.2, 0.25) is 0 Å². The monoisotopic (exact) mass is 332 g/mol. The molecule has 0 aliphatic carbocycles. The predicted octanol–water partition coefficient (Wildman–Crippen LogP) is 3.76. The second kappa shape index (κ2) is 7.08. The Bertz CT molecular complexity index is 772. The van der Waals surface area contributed by atoms with Gasteiger partial charge < -0.3 is 10.1 Å². The van der Waals surface area contributed by atoms with Crippen LogP contribution in [-0.2, 0) is 4.79 Å². The molecule has 1 amide bonds. The average molecular weight is 332 g/mol. The largest absolute Gasteiger partial charge is 0.481 e. The first-order valence-electron chi connectivity index (χ1n) is 7.26. The number of ether oxygens (including phenoxy) is 1. The van der Waals surface area contributed by atoms with Gasteiger partial charge in [-0.15, -0.1) is 0 Å². The number of carbonyl (C=O) groups excluding carboxylic acids is 1. The molecule has 2 rings (SSSR count). The molecule has 0 aliphatic heterocycles. The van der Waals surface area contributed by atoms with Gasteiger partial charge in [0.1, 0.15) is 5.75 Å². The van der Waals surface area contributed by atoms with E-state index in [-0.39, 0.29) is 5.69 Å². The van der Waals surface area contributed by atoms with Crippen LogP contribution in [0.4, 0.5) is 15.8 Å². The Morgan fingerprint density at radius 1 is 1.21 bits per heavy atom. The Morgan fingerprint density at radius 3 is 2.42 bits per heavy atom. The van der Waals surface area contributed by atoms with Crippen molar-refractivity contribution in [2.45, 2.75) is 26.9 Å². The molecule has 0 bridgehead atoms. The Balaban J connectivity index is 2.09. The third kappa shape index (κ3) is 4.28. The van der Waals surface area contributed by atoms with E-state index in [1.807, 2.05) is 19.9 Å². The number of rotatable bonds is 5. The van der Waals surface area contributed by atoms with Crippen molar-refractivity contribution >= 4 is 17.3 Å². The number of carbonyl (C=O) groups is 1. The van der Waals surface area contributed by atoms with Crippen molar-refractivity contribution in [1.29, 1.82) is 0 Å². The summed E-state index contributed by atoms with van der Waals surface area (Å²) in [6.07, 6.45) is -0.824. The fourth-order valence-corrected chi connectivity index (χ4v) is 2.23. The number of nitrogens with zero attached hydrogens (tertiary/aromatic N) is 1. The molecule has 0 saturated carbocycles. The van der Waals surface area contributed by atoms with Gasteiger partial charge in [-0.05, 0) is 56.2 Å². The third-order valence-electron chi connectivity index (χ3n) is 3.29. The molecule has 0 spiro atoms. The van der Waals surface area contributed by atoms with E-state index < -0.39 is 28.4 Å². The zero-order valence-electron chi connectivity index (χ0n) is 13.5. The van der Waals surface area contributed by atoms with Crippen LogP contribution in [0.15, 0.2) is 36.4 Å². The van der Waals surface area contributed by atoms with Crippen molar-refractivity contribution < 1.29 is 18.8 Å². The Kier molecular flexibility index (Phi) is 5.13. The zero-order valence-corrected chi connectivity index (χ0v) is 13.5. The third-order valence-corrected chi connectivity index (χ3v) is 3.29. The molecule has 0 unspecified atom stereocenters. The van der Waals surface area contributed by atoms with Crippen LogP contribution < -0.4 is 10.1 Å². The highest BCUT2D eigenvalue weighted by molar-refractivity contribution is 5.94. The molecule has 0 aromatic heterocycles. The molecule has 126 valence electrons. The number of benzene rings is 2. The highest BCUT2D eigenvalue weighted by atomic mass is 19.1. The lowest BCUT2D eigenvalue weighted by molar-refractivity contribution is -0.387. The molecule has 2 aromatic carbocycles. The van der Waals surface area contributed by atoms with Crippen molar-refractivity contribution in [3.63, 3.8) is 0 Å². The quantitative estimate of drug-likeness (QED) is 0.668. The number of aryl methyl sites for hydroxylation is 2. The lowest BCUT2D eigenvalue weighted by Crippen LogP contribution is -2.30. The number of anilines is 1. The van der Waals surface area contributed by atoms with Crippen LogP contribution in [0.25, 0.3) is 0 Å². The van der Waals surface area contributed by atoms with Crippen molar-refractivity contribution in [3.05, 3.63) is 63.5 Å². The molecule has 1 atom stereocenters. The van der Waals surface area contributed by atoms with Crippen molar-refractivity contribution in [3.8, 4) is 5.75 Å². The van der Waals surface area contributed by atoms with Gasteiger partial charge in [-0.25, -0.2) is 0 Å². The van der Waals surface area contributed by atoms with Crippen LogP contribution >= 0.6 is 0 Å². The van der Waals surface area contributed by atoms with Crippen molar-refractivity contribution in [1.82, 2.24) is 0 Å². The predicted molar refractivity (Wildman–Crippen MR) is 87.7 cm³/mol. The van der Waals surface area contributed by atoms with Gasteiger partial charge in [-0.1, -0.05) is 6.07 Å². The molecule has 1 N–H and O–H groups in total. The number of nitro groups is 1. The number of hydrogen-bond donors (Lipinski definition) is 1. The molecule has 0 heterocycles. The van der Waals surface area contributed by atoms with Crippen molar-refractivity contribution in [2.75, 3.05) is 5.32 Å². The van der Waals surface area contributed by atoms with Gasteiger partial charge in [0.05, 0.1) is 4.92 Å². The van der Waals surface area contributed by atoms with Gasteiger partial charge >= 0.3 is 5.69 Å². The normalized spacial score (nSPS) is 11.7. The molecule has 7 heteroatoms. The van der Waals surface area contributed by atoms with E-state index >= 15 is 0 Å². The summed E-state index contributed by atoms with van der Waals surface area (Å²) in [6.45, 7) is 5.40. The molecule has 24 heavy (non-hydrogen) atoms. The zero-order chi connectivity index (χ0) is 17.9. The van der Waals surface area contributed by atoms with E-state index in [0.29, 0.717) is 5.75 Å². The van der Waals surface area contributed by atoms with E-state index in [4.69, 9.17) is 4.74 Å². The molecule has 2 aromatic rings. The topological polar surface area (TPSA) is 81.5 Å². The summed E-state index contributed by atoms with van der Waals surface area (Å²) in [4.78, 5) is 22.0. The van der Waals surface area contributed by atoms with Crippen LogP contribution in [0.1, 0.15) is 18.1 Å². The molecular formula is C17H17FN2O4. The second-order valence-corrected chi connectivity index (χ2v) is 5.50. The van der Waals surface area contributed by atoms with Gasteiger partial charge in [-0.2, -0.15) is 4.39 Å². The minimum atomic E-state index is -0.961. The summed E-state index contributed by atoms with van der Waals surface area (Å²) in [5.74, 6) is -0.896. The van der Waals surface area contributed by atoms with E-state index in [1.54, 1.807) is 19.1 Å². The molecular weight excluding hydrogens is 315 g/mol. The SMILES string of the molecule is Cc1cc(C)cc(O[C@@H](C)C(=O)Nc2ccc(F)c([N+](=O)[O-])c2)c1. The number of amides is 1. The van der Waals surface area contributed by atoms with Gasteiger partial charge in [0.25, 0.3) is 5.91 Å². The van der Waals surface area contributed by atoms with E-state index in [9.17, 15) is 19.3 Å². The first kappa shape index (κ1) is 17.4. The van der Waals surface area contributed by atoms with E-state index in [1.165, 1.54) is 6.07 Å². The fraction of sp³-hybridized carbons (Fsp3) is 0.235. The Morgan fingerprint density at radius 2 is 1.83 bits per heavy atom. The summed E-state index contributed by atoms with van der Waals surface area (Å²) in [5.41, 5.74) is 1.44. The van der Waals surface area contributed by atoms with E-state index in [0.717, 1.165) is 23.3 Å². The number of nitro benzene ring substituents is 1. The molecule has 6 nitrogen and oxygen atoms in total. The number of nitrogens with one attached hydrogen (secondary N) is 1. The molecule has 0 fully saturated rings. The molecule has 0 aliphatic rings. The smallest absolute Gasteiger partial charge is 0.306 e. The maximum Gasteiger partial charge on any atom is 0.306 e. The van der Waals surface area contributed by atoms with Gasteiger partial charge in [0, 0.05) is 11.8 Å². The highest BCUT2D eigenvalue weighted by Crippen LogP contribution is 2.22. The maximum absolute atomic E-state index is 13.3. The van der Waals surface area contributed by atoms with Crippen LogP contribution in [0.3, 0.4) is 0 Å². The van der Waals surface area contributed by atoms with Gasteiger partial charge in [0.15, 0.2) is 6.10 Å². The molecule has 0 radical (unpaired) electrons. The van der Waals surface area contributed by atoms with Crippen LogP contribution in [0, 0.1) is 29.8 Å². The Labute approximate surface area is 138 Å². The Hall–Kier alpha value is -2.96. The summed E-state index contributed by atoms with van der Waals surface area (Å²) >= 11 is 0. The maximum atomic E-state index is 13.3. The number of hydrogen-bond acceptors (Lipinski definition) is 4. The summed E-state index contributed by atoms with van der Waals surface area (Å²) in [7, 11) is 0. The van der Waals surface area contributed by atoms with Gasteiger partial charge in [0.2, 0.25) is 5.82 Å². The fourth-order valence-electron chi connectivity index (χ4n) is 2.23. The number of halogens is 1. The summed E-state index contributed by atoms with van der Waals surface area (Å²) in [6, 6.07) is 8.75. The summed E-state index contributed by atoms with van der Waals surface area (Å²) < 4.78 is 18.9. The van der Waals surface area contributed by atoms with Crippen LogP contribution in [-0.4, -0.2) is 16.9 Å². The first-order chi connectivity index (χ1) is 11.3. The van der Waals surface area contributed by atoms with Crippen molar-refractivity contribution in [2.24, 2.45) is 0 Å². The van der Waals surface area contributed by atoms with Gasteiger partial charge in [-0.3, -0.25) is 14.9 Å². The minimum Gasteiger partial charge on any atom is -0.481 e. The molecule has 0 saturated heterocycles. The lowest BCUT2D eigenvalue weighted by atomic mass is 10.1. The van der Waals surface area contributed by atoms with Crippen LogP contribution in [0.5, 0.6) is 5.75 Å². The lowest BCUT2D eigenvalue weighted by Gasteiger charge is -2.15. The minimum absolute atomic E-state index is 0.129. The first-order valence-corrected chi connectivity index (χ1v) is 7.26. The summed E-state index contributed by atoms with van der Waals surface area (Å²) in [5, 5.41) is 13.2. The second-order valence-electron chi connectivity index (χ2n) is 5.50. The highest BCUT2D eigenvalue weighted by Gasteiger charge is 2.19. The van der Waals surface area contributed by atoms with E-state index in [2.05, 4.69) is 5.32 Å².